The van der Waals surface area contributed by atoms with Gasteiger partial charge in [0.15, 0.2) is 0 Å². The van der Waals surface area contributed by atoms with E-state index in [2.05, 4.69) is 27.9 Å². The van der Waals surface area contributed by atoms with E-state index in [1.807, 2.05) is 30.9 Å². The molecule has 2 heterocycles. The van der Waals surface area contributed by atoms with E-state index >= 15 is 0 Å². The molecule has 6 nitrogen and oxygen atoms in total. The molecule has 0 atom stereocenters. The second kappa shape index (κ2) is 7.54. The van der Waals surface area contributed by atoms with Gasteiger partial charge in [-0.3, -0.25) is 4.68 Å². The van der Waals surface area contributed by atoms with Crippen LogP contribution in [0.4, 0.5) is 0 Å². The SMILES string of the molecule is CCOC(=O)C=Cc1c(C)nn(C)c1-n1ccc2ccc(OCC3CC3)cc21. The van der Waals surface area contributed by atoms with E-state index in [0.717, 1.165) is 40.3 Å². The van der Waals surface area contributed by atoms with Gasteiger partial charge < -0.3 is 14.0 Å². The maximum atomic E-state index is 11.8. The number of hydrogen-bond acceptors (Lipinski definition) is 4. The molecule has 146 valence electrons. The zero-order chi connectivity index (χ0) is 19.7. The summed E-state index contributed by atoms with van der Waals surface area (Å²) in [6, 6.07) is 8.23. The summed E-state index contributed by atoms with van der Waals surface area (Å²) in [5, 5.41) is 5.67. The number of aryl methyl sites for hydroxylation is 2. The summed E-state index contributed by atoms with van der Waals surface area (Å²) in [5.41, 5.74) is 2.78. The van der Waals surface area contributed by atoms with Gasteiger partial charge in [0.25, 0.3) is 0 Å². The maximum Gasteiger partial charge on any atom is 0.330 e. The first kappa shape index (κ1) is 18.3. The molecule has 0 bridgehead atoms. The second-order valence-electron chi connectivity index (χ2n) is 7.19. The molecule has 2 aromatic heterocycles. The average Bonchev–Trinajstić information content (AvgIpc) is 3.35. The molecule has 0 saturated heterocycles. The van der Waals surface area contributed by atoms with Crippen molar-refractivity contribution >= 4 is 22.9 Å². The van der Waals surface area contributed by atoms with Gasteiger partial charge in [0.2, 0.25) is 0 Å². The molecule has 1 aliphatic carbocycles. The zero-order valence-corrected chi connectivity index (χ0v) is 16.5. The number of esters is 1. The van der Waals surface area contributed by atoms with E-state index in [4.69, 9.17) is 9.47 Å². The highest BCUT2D eigenvalue weighted by Gasteiger charge is 2.22. The fourth-order valence-corrected chi connectivity index (χ4v) is 3.37. The number of rotatable bonds is 7. The van der Waals surface area contributed by atoms with Gasteiger partial charge in [0.05, 0.1) is 24.4 Å². The molecule has 1 saturated carbocycles. The zero-order valence-electron chi connectivity index (χ0n) is 16.5. The van der Waals surface area contributed by atoms with Crippen LogP contribution in [0.25, 0.3) is 22.8 Å². The van der Waals surface area contributed by atoms with Crippen molar-refractivity contribution in [3.05, 3.63) is 47.8 Å². The third-order valence-corrected chi connectivity index (χ3v) is 4.99. The first-order chi connectivity index (χ1) is 13.6. The molecular weight excluding hydrogens is 354 g/mol. The molecule has 28 heavy (non-hydrogen) atoms. The van der Waals surface area contributed by atoms with Crippen molar-refractivity contribution in [2.24, 2.45) is 13.0 Å². The molecule has 0 unspecified atom stereocenters. The largest absolute Gasteiger partial charge is 0.493 e. The molecule has 4 rings (SSSR count). The predicted octanol–water partition coefficient (Wildman–Crippen LogP) is 4.04. The van der Waals surface area contributed by atoms with Crippen LogP contribution in [-0.2, 0) is 16.6 Å². The summed E-state index contributed by atoms with van der Waals surface area (Å²) in [7, 11) is 1.91. The lowest BCUT2D eigenvalue weighted by molar-refractivity contribution is -0.137. The first-order valence-electron chi connectivity index (χ1n) is 9.69. The molecule has 1 aromatic carbocycles. The second-order valence-corrected chi connectivity index (χ2v) is 7.19. The van der Waals surface area contributed by atoms with Gasteiger partial charge in [0.1, 0.15) is 11.6 Å². The Bertz CT molecular complexity index is 1040. The Balaban J connectivity index is 1.72. The highest BCUT2D eigenvalue weighted by atomic mass is 16.5. The van der Waals surface area contributed by atoms with Crippen molar-refractivity contribution < 1.29 is 14.3 Å². The van der Waals surface area contributed by atoms with E-state index in [0.29, 0.717) is 12.5 Å². The normalized spacial score (nSPS) is 14.1. The van der Waals surface area contributed by atoms with E-state index in [9.17, 15) is 4.79 Å². The van der Waals surface area contributed by atoms with Gasteiger partial charge in [-0.25, -0.2) is 4.79 Å². The Hall–Kier alpha value is -3.02. The van der Waals surface area contributed by atoms with Crippen LogP contribution in [0.2, 0.25) is 0 Å². The lowest BCUT2D eigenvalue weighted by Gasteiger charge is -2.10. The van der Waals surface area contributed by atoms with Crippen molar-refractivity contribution in [3.8, 4) is 11.6 Å². The van der Waals surface area contributed by atoms with Crippen molar-refractivity contribution in [3.63, 3.8) is 0 Å². The van der Waals surface area contributed by atoms with Crippen LogP contribution in [0, 0.1) is 12.8 Å². The van der Waals surface area contributed by atoms with E-state index in [1.165, 1.54) is 18.9 Å². The highest BCUT2D eigenvalue weighted by Crippen LogP contribution is 2.31. The first-order valence-corrected chi connectivity index (χ1v) is 9.69. The van der Waals surface area contributed by atoms with E-state index < -0.39 is 0 Å². The minimum absolute atomic E-state index is 0.355. The topological polar surface area (TPSA) is 58.3 Å². The Morgan fingerprint density at radius 2 is 2.14 bits per heavy atom. The molecular formula is C22H25N3O3. The van der Waals surface area contributed by atoms with Crippen LogP contribution in [0.15, 0.2) is 36.5 Å². The molecule has 0 spiro atoms. The maximum absolute atomic E-state index is 11.8. The molecule has 6 heteroatoms. The summed E-state index contributed by atoms with van der Waals surface area (Å²) in [4.78, 5) is 11.8. The predicted molar refractivity (Wildman–Crippen MR) is 109 cm³/mol. The molecule has 3 aromatic rings. The van der Waals surface area contributed by atoms with Crippen LogP contribution >= 0.6 is 0 Å². The Kier molecular flexibility index (Phi) is 4.94. The minimum atomic E-state index is -0.357. The number of ether oxygens (including phenoxy) is 2. The van der Waals surface area contributed by atoms with Crippen molar-refractivity contribution in [2.45, 2.75) is 26.7 Å². The third-order valence-electron chi connectivity index (χ3n) is 4.99. The van der Waals surface area contributed by atoms with E-state index in [-0.39, 0.29) is 5.97 Å². The standard InChI is InChI=1S/C22H25N3O3/c1-4-27-21(26)10-9-19-15(2)23-24(3)22(19)25-12-11-17-7-8-18(13-20(17)25)28-14-16-5-6-16/h7-13,16H,4-6,14H2,1-3H3. The van der Waals surface area contributed by atoms with Gasteiger partial charge in [-0.15, -0.1) is 0 Å². The lowest BCUT2D eigenvalue weighted by Crippen LogP contribution is -2.04. The van der Waals surface area contributed by atoms with Crippen LogP contribution in [-0.4, -0.2) is 33.5 Å². The van der Waals surface area contributed by atoms with E-state index in [1.54, 1.807) is 13.0 Å². The quantitative estimate of drug-likeness (QED) is 0.459. The molecule has 0 aliphatic heterocycles. The molecule has 0 N–H and O–H groups in total. The average molecular weight is 379 g/mol. The summed E-state index contributed by atoms with van der Waals surface area (Å²) in [6.07, 6.45) is 7.78. The van der Waals surface area contributed by atoms with Gasteiger partial charge >= 0.3 is 5.97 Å². The number of carbonyl (C=O) groups is 1. The van der Waals surface area contributed by atoms with Gasteiger partial charge in [-0.05, 0) is 56.9 Å². The fourth-order valence-electron chi connectivity index (χ4n) is 3.37. The van der Waals surface area contributed by atoms with Gasteiger partial charge in [0, 0.05) is 36.3 Å². The number of hydrogen-bond donors (Lipinski definition) is 0. The molecule has 0 amide bonds. The Morgan fingerprint density at radius 1 is 1.32 bits per heavy atom. The van der Waals surface area contributed by atoms with Crippen molar-refractivity contribution in [1.82, 2.24) is 14.3 Å². The molecule has 1 fully saturated rings. The fraction of sp³-hybridized carbons (Fsp3) is 0.364. The van der Waals surface area contributed by atoms with Gasteiger partial charge in [-0.2, -0.15) is 5.10 Å². The Labute approximate surface area is 164 Å². The van der Waals surface area contributed by atoms with Gasteiger partial charge in [-0.1, -0.05) is 0 Å². The smallest absolute Gasteiger partial charge is 0.330 e. The summed E-state index contributed by atoms with van der Waals surface area (Å²) in [6.45, 7) is 4.87. The summed E-state index contributed by atoms with van der Waals surface area (Å²) in [5.74, 6) is 2.13. The molecule has 1 aliphatic rings. The van der Waals surface area contributed by atoms with Crippen LogP contribution in [0.1, 0.15) is 31.0 Å². The van der Waals surface area contributed by atoms with Crippen molar-refractivity contribution in [2.75, 3.05) is 13.2 Å². The van der Waals surface area contributed by atoms with Crippen LogP contribution in [0.5, 0.6) is 5.75 Å². The van der Waals surface area contributed by atoms with Crippen LogP contribution < -0.4 is 4.74 Å². The number of fused-ring (bicyclic) bond motifs is 1. The summed E-state index contributed by atoms with van der Waals surface area (Å²) >= 11 is 0. The number of nitrogens with zero attached hydrogens (tertiary/aromatic N) is 3. The number of aromatic nitrogens is 3. The third kappa shape index (κ3) is 3.67. The summed E-state index contributed by atoms with van der Waals surface area (Å²) < 4.78 is 14.9. The molecule has 0 radical (unpaired) electrons. The minimum Gasteiger partial charge on any atom is -0.493 e. The Morgan fingerprint density at radius 3 is 2.89 bits per heavy atom. The monoisotopic (exact) mass is 379 g/mol. The highest BCUT2D eigenvalue weighted by molar-refractivity contribution is 5.89. The van der Waals surface area contributed by atoms with Crippen LogP contribution in [0.3, 0.4) is 0 Å². The lowest BCUT2D eigenvalue weighted by atomic mass is 10.2. The number of carbonyl (C=O) groups excluding carboxylic acids is 1. The number of benzene rings is 1. The van der Waals surface area contributed by atoms with Crippen molar-refractivity contribution in [1.29, 1.82) is 0 Å².